The number of carbonyl (C=O) groups excluding carboxylic acids is 1. The highest BCUT2D eigenvalue weighted by Gasteiger charge is 2.11. The minimum Gasteiger partial charge on any atom is -0.350 e. The molecule has 0 radical (unpaired) electrons. The number of carbonyl (C=O) groups is 1. The van der Waals surface area contributed by atoms with Crippen LogP contribution in [0.25, 0.3) is 0 Å². The van der Waals surface area contributed by atoms with E-state index in [2.05, 4.69) is 25.6 Å². The van der Waals surface area contributed by atoms with Gasteiger partial charge in [-0.05, 0) is 38.5 Å². The summed E-state index contributed by atoms with van der Waals surface area (Å²) in [7, 11) is 0. The molecule has 110 valence electrons. The molecule has 2 N–H and O–H groups in total. The van der Waals surface area contributed by atoms with Gasteiger partial charge >= 0.3 is 0 Å². The van der Waals surface area contributed by atoms with Crippen molar-refractivity contribution in [3.05, 3.63) is 47.5 Å². The van der Waals surface area contributed by atoms with Crippen LogP contribution in [0.5, 0.6) is 0 Å². The molecule has 0 aliphatic rings. The smallest absolute Gasteiger partial charge is 0.270 e. The molecule has 2 aromatic heterocycles. The van der Waals surface area contributed by atoms with Crippen LogP contribution < -0.4 is 10.6 Å². The zero-order valence-electron chi connectivity index (χ0n) is 12.4. The minimum atomic E-state index is -0.195. The normalized spacial score (nSPS) is 10.5. The van der Waals surface area contributed by atoms with E-state index in [1.54, 1.807) is 18.5 Å². The van der Waals surface area contributed by atoms with Gasteiger partial charge in [-0.25, -0.2) is 9.97 Å². The second-order valence-corrected chi connectivity index (χ2v) is 5.06. The number of aryl methyl sites for hydroxylation is 1. The summed E-state index contributed by atoms with van der Waals surface area (Å²) in [4.78, 5) is 24.6. The highest BCUT2D eigenvalue weighted by atomic mass is 16.1. The van der Waals surface area contributed by atoms with Crippen molar-refractivity contribution in [2.24, 2.45) is 0 Å². The number of pyridine rings is 1. The van der Waals surface area contributed by atoms with E-state index in [9.17, 15) is 4.79 Å². The van der Waals surface area contributed by atoms with Gasteiger partial charge in [0, 0.05) is 30.7 Å². The first kappa shape index (κ1) is 14.9. The van der Waals surface area contributed by atoms with Crippen molar-refractivity contribution in [3.8, 4) is 0 Å². The molecule has 0 spiro atoms. The van der Waals surface area contributed by atoms with Crippen LogP contribution in [-0.4, -0.2) is 26.9 Å². The number of hydrogen-bond donors (Lipinski definition) is 2. The summed E-state index contributed by atoms with van der Waals surface area (Å²) in [6, 6.07) is 5.57. The Kier molecular flexibility index (Phi) is 4.81. The Morgan fingerprint density at radius 3 is 2.81 bits per heavy atom. The van der Waals surface area contributed by atoms with E-state index >= 15 is 0 Å². The predicted molar refractivity (Wildman–Crippen MR) is 80.9 cm³/mol. The molecule has 0 fully saturated rings. The fourth-order valence-corrected chi connectivity index (χ4v) is 1.78. The first-order chi connectivity index (χ1) is 10.0. The van der Waals surface area contributed by atoms with Gasteiger partial charge in [0.25, 0.3) is 5.91 Å². The molecule has 0 saturated heterocycles. The summed E-state index contributed by atoms with van der Waals surface area (Å²) in [6.45, 7) is 6.21. The van der Waals surface area contributed by atoms with E-state index in [0.717, 1.165) is 11.3 Å². The number of amides is 1. The van der Waals surface area contributed by atoms with E-state index in [1.807, 2.05) is 32.9 Å². The number of nitrogens with zero attached hydrogens (tertiary/aromatic N) is 3. The molecular formula is C15H19N5O. The van der Waals surface area contributed by atoms with Crippen LogP contribution in [0.4, 0.5) is 5.95 Å². The number of anilines is 1. The van der Waals surface area contributed by atoms with E-state index in [4.69, 9.17) is 0 Å². The maximum Gasteiger partial charge on any atom is 0.270 e. The predicted octanol–water partition coefficient (Wildman–Crippen LogP) is 1.93. The summed E-state index contributed by atoms with van der Waals surface area (Å²) >= 11 is 0. The summed E-state index contributed by atoms with van der Waals surface area (Å²) in [6.07, 6.45) is 3.50. The van der Waals surface area contributed by atoms with Gasteiger partial charge in [0.2, 0.25) is 5.95 Å². The quantitative estimate of drug-likeness (QED) is 0.877. The summed E-state index contributed by atoms with van der Waals surface area (Å²) in [5, 5.41) is 5.93. The zero-order chi connectivity index (χ0) is 15.2. The highest BCUT2D eigenvalue weighted by Crippen LogP contribution is 2.07. The van der Waals surface area contributed by atoms with Crippen LogP contribution in [0.3, 0.4) is 0 Å². The lowest BCUT2D eigenvalue weighted by atomic mass is 10.3. The van der Waals surface area contributed by atoms with Gasteiger partial charge < -0.3 is 10.6 Å². The number of rotatable bonds is 5. The van der Waals surface area contributed by atoms with Crippen LogP contribution >= 0.6 is 0 Å². The van der Waals surface area contributed by atoms with Crippen molar-refractivity contribution in [2.75, 3.05) is 5.32 Å². The molecule has 21 heavy (non-hydrogen) atoms. The van der Waals surface area contributed by atoms with Crippen LogP contribution in [0, 0.1) is 6.92 Å². The Hall–Kier alpha value is -2.50. The lowest BCUT2D eigenvalue weighted by Crippen LogP contribution is -2.31. The Labute approximate surface area is 124 Å². The number of hydrogen-bond acceptors (Lipinski definition) is 5. The maximum absolute atomic E-state index is 12.0. The summed E-state index contributed by atoms with van der Waals surface area (Å²) < 4.78 is 0. The molecule has 0 unspecified atom stereocenters. The minimum absolute atomic E-state index is 0.0690. The van der Waals surface area contributed by atoms with E-state index in [-0.39, 0.29) is 11.9 Å². The van der Waals surface area contributed by atoms with E-state index in [1.165, 1.54) is 0 Å². The molecule has 0 atom stereocenters. The Bertz CT molecular complexity index is 613. The standard InChI is InChI=1S/C15H19N5O/c1-10(2)18-14(21)13-7-11(3)19-15(20-13)17-9-12-5-4-6-16-8-12/h4-8,10H,9H2,1-3H3,(H,18,21)(H,17,19,20). The molecule has 0 aromatic carbocycles. The average molecular weight is 285 g/mol. The van der Waals surface area contributed by atoms with Gasteiger partial charge in [0.15, 0.2) is 0 Å². The second kappa shape index (κ2) is 6.78. The molecule has 6 heteroatoms. The van der Waals surface area contributed by atoms with Gasteiger partial charge in [-0.1, -0.05) is 6.07 Å². The average Bonchev–Trinajstić information content (AvgIpc) is 2.45. The largest absolute Gasteiger partial charge is 0.350 e. The monoisotopic (exact) mass is 285 g/mol. The molecule has 0 aliphatic heterocycles. The van der Waals surface area contributed by atoms with Crippen molar-refractivity contribution in [3.63, 3.8) is 0 Å². The number of aromatic nitrogens is 3. The van der Waals surface area contributed by atoms with E-state index < -0.39 is 0 Å². The van der Waals surface area contributed by atoms with Gasteiger partial charge in [-0.3, -0.25) is 9.78 Å². The van der Waals surface area contributed by atoms with Gasteiger partial charge in [-0.15, -0.1) is 0 Å². The van der Waals surface area contributed by atoms with Crippen molar-refractivity contribution >= 4 is 11.9 Å². The lowest BCUT2D eigenvalue weighted by molar-refractivity contribution is 0.0938. The molecule has 0 bridgehead atoms. The van der Waals surface area contributed by atoms with Crippen molar-refractivity contribution in [1.82, 2.24) is 20.3 Å². The van der Waals surface area contributed by atoms with Crippen LogP contribution in [-0.2, 0) is 6.54 Å². The third-order valence-electron chi connectivity index (χ3n) is 2.68. The molecule has 2 rings (SSSR count). The maximum atomic E-state index is 12.0. The summed E-state index contributed by atoms with van der Waals surface area (Å²) in [5.41, 5.74) is 2.13. The van der Waals surface area contributed by atoms with Crippen LogP contribution in [0.2, 0.25) is 0 Å². The fraction of sp³-hybridized carbons (Fsp3) is 0.333. The molecule has 2 aromatic rings. The van der Waals surface area contributed by atoms with Gasteiger partial charge in [-0.2, -0.15) is 0 Å². The van der Waals surface area contributed by atoms with E-state index in [0.29, 0.717) is 18.2 Å². The Morgan fingerprint density at radius 2 is 2.14 bits per heavy atom. The Balaban J connectivity index is 2.10. The topological polar surface area (TPSA) is 79.8 Å². The molecule has 1 amide bonds. The fourth-order valence-electron chi connectivity index (χ4n) is 1.78. The van der Waals surface area contributed by atoms with Crippen molar-refractivity contribution in [1.29, 1.82) is 0 Å². The molecule has 0 saturated carbocycles. The number of nitrogens with one attached hydrogen (secondary N) is 2. The third-order valence-corrected chi connectivity index (χ3v) is 2.68. The van der Waals surface area contributed by atoms with Gasteiger partial charge in [0.05, 0.1) is 0 Å². The van der Waals surface area contributed by atoms with Gasteiger partial charge in [0.1, 0.15) is 5.69 Å². The molecular weight excluding hydrogens is 266 g/mol. The van der Waals surface area contributed by atoms with Crippen LogP contribution in [0.15, 0.2) is 30.6 Å². The first-order valence-corrected chi connectivity index (χ1v) is 6.84. The zero-order valence-corrected chi connectivity index (χ0v) is 12.4. The SMILES string of the molecule is Cc1cc(C(=O)NC(C)C)nc(NCc2cccnc2)n1. The first-order valence-electron chi connectivity index (χ1n) is 6.84. The second-order valence-electron chi connectivity index (χ2n) is 5.06. The molecule has 2 heterocycles. The third kappa shape index (κ3) is 4.52. The van der Waals surface area contributed by atoms with Crippen molar-refractivity contribution in [2.45, 2.75) is 33.4 Å². The summed E-state index contributed by atoms with van der Waals surface area (Å²) in [5.74, 6) is 0.243. The Morgan fingerprint density at radius 1 is 1.33 bits per heavy atom. The molecule has 0 aliphatic carbocycles. The highest BCUT2D eigenvalue weighted by molar-refractivity contribution is 5.92. The van der Waals surface area contributed by atoms with Crippen molar-refractivity contribution < 1.29 is 4.79 Å². The molecule has 6 nitrogen and oxygen atoms in total. The van der Waals surface area contributed by atoms with Crippen LogP contribution in [0.1, 0.15) is 35.6 Å². The lowest BCUT2D eigenvalue weighted by Gasteiger charge is -2.10.